The first-order valence-corrected chi connectivity index (χ1v) is 16.4. The van der Waals surface area contributed by atoms with Crippen LogP contribution in [0.15, 0.2) is 53.3 Å². The Morgan fingerprint density at radius 1 is 1.00 bits per heavy atom. The van der Waals surface area contributed by atoms with Gasteiger partial charge in [-0.05, 0) is 12.5 Å². The molecule has 1 aliphatic rings. The summed E-state index contributed by atoms with van der Waals surface area (Å²) in [5.41, 5.74) is 7.90. The largest absolute Gasteiger partial charge is 0.497 e. The highest BCUT2D eigenvalue weighted by Crippen LogP contribution is 2.35. The molecule has 250 valence electrons. The van der Waals surface area contributed by atoms with Crippen LogP contribution in [0.4, 0.5) is 23.7 Å². The summed E-state index contributed by atoms with van der Waals surface area (Å²) in [7, 11) is 3.03. The molecule has 6 aromatic heterocycles. The average molecular weight is 702 g/mol. The molecule has 6 aromatic rings. The van der Waals surface area contributed by atoms with E-state index >= 15 is 0 Å². The van der Waals surface area contributed by atoms with E-state index in [-0.39, 0.29) is 36.2 Å². The lowest BCUT2D eigenvalue weighted by molar-refractivity contribution is -0.121. The van der Waals surface area contributed by atoms with Crippen LogP contribution in [0.5, 0.6) is 11.6 Å². The Hall–Kier alpha value is -5.83. The minimum absolute atomic E-state index is 0.0312. The number of thioether (sulfide) groups is 2. The van der Waals surface area contributed by atoms with Gasteiger partial charge in [-0.25, -0.2) is 29.9 Å². The van der Waals surface area contributed by atoms with Crippen LogP contribution in [-0.2, 0) is 9.59 Å². The lowest BCUT2D eigenvalue weighted by Crippen LogP contribution is -2.55. The molecule has 2 amide bonds. The van der Waals surface area contributed by atoms with Gasteiger partial charge in [0.25, 0.3) is 0 Å². The second-order valence-electron chi connectivity index (χ2n) is 10.3. The minimum Gasteiger partial charge on any atom is -0.497 e. The number of nitrogens with zero attached hydrogens (tertiary/aromatic N) is 10. The molecule has 6 N–H and O–H groups in total. The van der Waals surface area contributed by atoms with E-state index in [1.807, 2.05) is 0 Å². The smallest absolute Gasteiger partial charge is 0.244 e. The van der Waals surface area contributed by atoms with Crippen LogP contribution in [0, 0.1) is 0 Å². The molecule has 1 aliphatic heterocycles. The lowest BCUT2D eigenvalue weighted by Gasteiger charge is -2.35. The van der Waals surface area contributed by atoms with Gasteiger partial charge in [-0.2, -0.15) is 15.0 Å². The van der Waals surface area contributed by atoms with Gasteiger partial charge >= 0.3 is 0 Å². The molecule has 7 heterocycles. The molecule has 0 radical (unpaired) electrons. The molecule has 0 bridgehead atoms. The number of H-pyrrole nitrogens is 2. The predicted molar refractivity (Wildman–Crippen MR) is 181 cm³/mol. The number of nitrogens with two attached hydrogens (primary N) is 1. The number of methoxy groups -OCH3 is 2. The summed E-state index contributed by atoms with van der Waals surface area (Å²) < 4.78 is 10.4. The first kappa shape index (κ1) is 31.8. The number of fused-ring (bicyclic) bond motifs is 2. The number of imidazole rings is 2. The molecule has 0 aliphatic carbocycles. The third-order valence-corrected chi connectivity index (χ3v) is 9.60. The van der Waals surface area contributed by atoms with Gasteiger partial charge in [0, 0.05) is 31.1 Å². The average Bonchev–Trinajstić information content (AvgIpc) is 3.79. The molecule has 19 nitrogen and oxygen atoms in total. The van der Waals surface area contributed by atoms with E-state index in [2.05, 4.69) is 65.5 Å². The van der Waals surface area contributed by atoms with E-state index in [0.717, 1.165) is 0 Å². The van der Waals surface area contributed by atoms with Crippen LogP contribution in [-0.4, -0.2) is 104 Å². The Balaban J connectivity index is 1.07. The molecule has 49 heavy (non-hydrogen) atoms. The molecule has 1 saturated heterocycles. The van der Waals surface area contributed by atoms with E-state index < -0.39 is 10.5 Å². The van der Waals surface area contributed by atoms with Gasteiger partial charge in [0.1, 0.15) is 37.9 Å². The number of ether oxygens (including phenoxy) is 2. The first-order chi connectivity index (χ1) is 23.9. The number of carbonyl (C=O) groups is 2. The van der Waals surface area contributed by atoms with Gasteiger partial charge in [0.05, 0.1) is 38.7 Å². The normalized spacial score (nSPS) is 14.9. The fraction of sp³-hybridized carbons (Fsp3) is 0.250. The van der Waals surface area contributed by atoms with E-state index in [4.69, 9.17) is 15.2 Å². The van der Waals surface area contributed by atoms with Crippen molar-refractivity contribution in [3.63, 3.8) is 0 Å². The summed E-state index contributed by atoms with van der Waals surface area (Å²) in [4.78, 5) is 73.1. The van der Waals surface area contributed by atoms with Gasteiger partial charge < -0.3 is 35.8 Å². The number of pyridine rings is 1. The Kier molecular flexibility index (Phi) is 8.89. The molecular formula is C28H27N15O4S2. The molecule has 0 unspecified atom stereocenters. The van der Waals surface area contributed by atoms with Crippen molar-refractivity contribution in [2.45, 2.75) is 27.0 Å². The molecule has 0 spiro atoms. The molecule has 2 atom stereocenters. The van der Waals surface area contributed by atoms with Gasteiger partial charge in [0.2, 0.25) is 35.5 Å². The maximum Gasteiger partial charge on any atom is 0.244 e. The highest BCUT2D eigenvalue weighted by molar-refractivity contribution is 8.01. The summed E-state index contributed by atoms with van der Waals surface area (Å²) in [5.74, 6) is 1.33. The van der Waals surface area contributed by atoms with Crippen molar-refractivity contribution in [3.05, 3.63) is 43.2 Å². The number of carbonyl (C=O) groups excluding carboxylic acids is 2. The number of rotatable bonds is 13. The van der Waals surface area contributed by atoms with Crippen molar-refractivity contribution in [3.8, 4) is 11.6 Å². The van der Waals surface area contributed by atoms with E-state index in [9.17, 15) is 9.59 Å². The predicted octanol–water partition coefficient (Wildman–Crippen LogP) is 1.91. The van der Waals surface area contributed by atoms with Gasteiger partial charge in [0.15, 0.2) is 11.3 Å². The van der Waals surface area contributed by atoms with Crippen molar-refractivity contribution in [2.75, 3.05) is 48.6 Å². The van der Waals surface area contributed by atoms with E-state index in [1.54, 1.807) is 18.2 Å². The zero-order valence-electron chi connectivity index (χ0n) is 25.8. The third-order valence-electron chi connectivity index (χ3n) is 7.19. The fourth-order valence-electron chi connectivity index (χ4n) is 4.76. The summed E-state index contributed by atoms with van der Waals surface area (Å²) in [6.07, 6.45) is 6.38. The summed E-state index contributed by atoms with van der Waals surface area (Å²) in [5, 5.41) is 5.97. The highest BCUT2D eigenvalue weighted by Gasteiger charge is 2.41. The summed E-state index contributed by atoms with van der Waals surface area (Å²) in [6.45, 7) is 0.666. The highest BCUT2D eigenvalue weighted by atomic mass is 32.2. The molecule has 21 heteroatoms. The number of nitrogen functional groups attached to an aromatic ring is 1. The van der Waals surface area contributed by atoms with Crippen LogP contribution in [0.25, 0.3) is 22.3 Å². The summed E-state index contributed by atoms with van der Waals surface area (Å²) >= 11 is 2.49. The molecular weight excluding hydrogens is 675 g/mol. The number of aromatic amines is 2. The van der Waals surface area contributed by atoms with Crippen LogP contribution < -0.4 is 30.7 Å². The van der Waals surface area contributed by atoms with Crippen LogP contribution in [0.3, 0.4) is 0 Å². The van der Waals surface area contributed by atoms with Crippen molar-refractivity contribution in [1.29, 1.82) is 0 Å². The Morgan fingerprint density at radius 3 is 2.55 bits per heavy atom. The minimum atomic E-state index is -0.679. The Morgan fingerprint density at radius 2 is 1.78 bits per heavy atom. The number of anilines is 4. The van der Waals surface area contributed by atoms with Crippen molar-refractivity contribution in [1.82, 2.24) is 54.8 Å². The van der Waals surface area contributed by atoms with E-state index in [0.29, 0.717) is 62.8 Å². The fourth-order valence-corrected chi connectivity index (χ4v) is 6.97. The second kappa shape index (κ2) is 13.7. The summed E-state index contributed by atoms with van der Waals surface area (Å²) in [6, 6.07) is 4.91. The quantitative estimate of drug-likeness (QED) is 0.0655. The lowest BCUT2D eigenvalue weighted by atomic mass is 10.2. The maximum absolute atomic E-state index is 13.6. The molecule has 0 aromatic carbocycles. The second-order valence-corrected chi connectivity index (χ2v) is 12.7. The molecule has 1 fully saturated rings. The number of amides is 2. The van der Waals surface area contributed by atoms with Gasteiger partial charge in [-0.1, -0.05) is 23.5 Å². The topological polar surface area (TPSA) is 254 Å². The number of hydrogen-bond acceptors (Lipinski definition) is 17. The van der Waals surface area contributed by atoms with Crippen LogP contribution >= 0.6 is 23.5 Å². The third kappa shape index (κ3) is 6.78. The van der Waals surface area contributed by atoms with Crippen molar-refractivity contribution < 1.29 is 19.1 Å². The molecule has 7 rings (SSSR count). The van der Waals surface area contributed by atoms with Gasteiger partial charge in [-0.3, -0.25) is 14.5 Å². The SMILES string of the molecule is COc1ccnc(NC(=O)[C@@H](CCNc2nc(S[C@@H]3CN(c4nccc(OC)n4)C3=O)c3[nH]cnc3n2)Sc2nc(N)nc3nc[nH]c23)c1. The van der Waals surface area contributed by atoms with Crippen molar-refractivity contribution in [2.24, 2.45) is 0 Å². The van der Waals surface area contributed by atoms with Crippen LogP contribution in [0.1, 0.15) is 6.42 Å². The zero-order chi connectivity index (χ0) is 33.9. The Labute approximate surface area is 285 Å². The number of aromatic nitrogens is 11. The number of nitrogens with one attached hydrogen (secondary N) is 4. The standard InChI is InChI=1S/C28H27N15O4S2/c1-46-13-3-6-30-16(9-13)37-22(44)14(48-23-18-20(35-11-33-18)39-26(29)41-23)4-7-31-27-40-21-19(34-12-36-21)24(42-27)49-15-10-43(25(15)45)28-32-8-5-17(38-28)47-2/h3,5-6,8-9,11-12,14-15H,4,7,10H2,1-2H3,(H,30,37,44)(H3,29,33,35,39,41)(H2,31,34,36,40,42)/t14-,15-/m1/s1. The number of hydrogen-bond donors (Lipinski definition) is 5. The van der Waals surface area contributed by atoms with E-state index in [1.165, 1.54) is 67.7 Å². The first-order valence-electron chi connectivity index (χ1n) is 14.6. The van der Waals surface area contributed by atoms with Gasteiger partial charge in [-0.15, -0.1) is 0 Å². The molecule has 0 saturated carbocycles. The maximum atomic E-state index is 13.6. The Bertz CT molecular complexity index is 2160. The monoisotopic (exact) mass is 701 g/mol. The number of β-lactam (4-membered cyclic amide) rings is 1. The van der Waals surface area contributed by atoms with Crippen molar-refractivity contribution >= 4 is 81.3 Å². The zero-order valence-corrected chi connectivity index (χ0v) is 27.4. The van der Waals surface area contributed by atoms with Crippen LogP contribution in [0.2, 0.25) is 0 Å².